The largest absolute Gasteiger partial charge is 0.508 e. The second kappa shape index (κ2) is 6.43. The Morgan fingerprint density at radius 2 is 1.79 bits per heavy atom. The molecule has 6 heteroatoms. The van der Waals surface area contributed by atoms with Crippen molar-refractivity contribution < 1.29 is 9.84 Å². The van der Waals surface area contributed by atoms with Crippen LogP contribution in [0.25, 0.3) is 22.0 Å². The summed E-state index contributed by atoms with van der Waals surface area (Å²) < 4.78 is 5.64. The van der Waals surface area contributed by atoms with Crippen LogP contribution in [-0.4, -0.2) is 15.3 Å². The number of aromatic nitrogens is 2. The summed E-state index contributed by atoms with van der Waals surface area (Å²) in [6.45, 7) is 0. The first-order valence-electron chi connectivity index (χ1n) is 9.09. The number of fused-ring (bicyclic) bond motifs is 2. The van der Waals surface area contributed by atoms with Crippen molar-refractivity contribution in [2.45, 2.75) is 5.92 Å². The van der Waals surface area contributed by atoms with Crippen LogP contribution in [0.4, 0.5) is 0 Å². The molecule has 0 saturated heterocycles. The number of aromatic amines is 1. The van der Waals surface area contributed by atoms with E-state index in [-0.39, 0.29) is 11.6 Å². The number of allylic oxidation sites excluding steroid dienone is 1. The minimum Gasteiger partial charge on any atom is -0.508 e. The number of nitrogens with one attached hydrogen (secondary N) is 1. The van der Waals surface area contributed by atoms with Crippen molar-refractivity contribution in [3.63, 3.8) is 0 Å². The molecule has 0 radical (unpaired) electrons. The number of phenols is 1. The number of nitriles is 1. The number of hydrogen-bond acceptors (Lipinski definition) is 5. The number of benzene rings is 3. The van der Waals surface area contributed by atoms with Gasteiger partial charge in [-0.3, -0.25) is 5.10 Å². The van der Waals surface area contributed by atoms with E-state index in [9.17, 15) is 10.4 Å². The molecule has 140 valence electrons. The normalized spacial score (nSPS) is 15.6. The fraction of sp³-hybridized carbons (Fsp3) is 0.0435. The topological polar surface area (TPSA) is 108 Å². The second-order valence-corrected chi connectivity index (χ2v) is 6.90. The number of nitrogens with zero attached hydrogens (tertiary/aromatic N) is 2. The molecule has 0 aliphatic carbocycles. The standard InChI is InChI=1S/C23H16N4O2/c24-12-18-19(14-7-9-17(28)10-8-14)20-21(26-27-23(20)29-22(18)25)16-6-5-13-3-1-2-4-15(13)11-16/h1-11,19,28H,25H2,(H,26,27). The summed E-state index contributed by atoms with van der Waals surface area (Å²) in [5.41, 5.74) is 9.59. The molecule has 1 aliphatic rings. The number of hydrogen-bond donors (Lipinski definition) is 3. The summed E-state index contributed by atoms with van der Waals surface area (Å²) in [5, 5.41) is 29.0. The minimum atomic E-state index is -0.454. The molecule has 0 amide bonds. The summed E-state index contributed by atoms with van der Waals surface area (Å²) in [6.07, 6.45) is 0. The van der Waals surface area contributed by atoms with E-state index < -0.39 is 5.92 Å². The van der Waals surface area contributed by atoms with E-state index in [0.29, 0.717) is 11.5 Å². The van der Waals surface area contributed by atoms with Gasteiger partial charge >= 0.3 is 0 Å². The van der Waals surface area contributed by atoms with Gasteiger partial charge in [0.1, 0.15) is 17.4 Å². The molecule has 3 aromatic carbocycles. The van der Waals surface area contributed by atoms with E-state index in [1.807, 2.05) is 30.3 Å². The highest BCUT2D eigenvalue weighted by Gasteiger charge is 2.35. The van der Waals surface area contributed by atoms with Gasteiger partial charge in [0.05, 0.1) is 17.2 Å². The average molecular weight is 380 g/mol. The van der Waals surface area contributed by atoms with E-state index in [4.69, 9.17) is 10.5 Å². The third kappa shape index (κ3) is 2.68. The monoisotopic (exact) mass is 380 g/mol. The number of rotatable bonds is 2. The van der Waals surface area contributed by atoms with Crippen molar-refractivity contribution in [3.05, 3.63) is 89.3 Å². The van der Waals surface area contributed by atoms with Crippen LogP contribution < -0.4 is 10.5 Å². The SMILES string of the molecule is N#CC1=C(N)Oc2n[nH]c(-c3ccc4ccccc4c3)c2C1c1ccc(O)cc1. The first-order valence-corrected chi connectivity index (χ1v) is 9.09. The molecule has 1 aliphatic heterocycles. The van der Waals surface area contributed by atoms with Crippen molar-refractivity contribution in [2.75, 3.05) is 0 Å². The van der Waals surface area contributed by atoms with E-state index in [1.165, 1.54) is 0 Å². The quantitative estimate of drug-likeness (QED) is 0.484. The number of H-pyrrole nitrogens is 1. The minimum absolute atomic E-state index is 0.0367. The van der Waals surface area contributed by atoms with Crippen LogP contribution in [0.15, 0.2) is 78.2 Å². The molecule has 0 fully saturated rings. The van der Waals surface area contributed by atoms with Crippen molar-refractivity contribution >= 4 is 10.8 Å². The van der Waals surface area contributed by atoms with Crippen LogP contribution in [0, 0.1) is 11.3 Å². The van der Waals surface area contributed by atoms with Gasteiger partial charge in [0, 0.05) is 5.56 Å². The maximum Gasteiger partial charge on any atom is 0.244 e. The van der Waals surface area contributed by atoms with Crippen LogP contribution in [-0.2, 0) is 0 Å². The Labute approximate surface area is 166 Å². The molecule has 4 N–H and O–H groups in total. The van der Waals surface area contributed by atoms with Crippen LogP contribution >= 0.6 is 0 Å². The molecule has 5 rings (SSSR count). The number of ether oxygens (including phenoxy) is 1. The lowest BCUT2D eigenvalue weighted by molar-refractivity contribution is 0.379. The highest BCUT2D eigenvalue weighted by molar-refractivity contribution is 5.87. The van der Waals surface area contributed by atoms with Crippen LogP contribution in [0.2, 0.25) is 0 Å². The molecule has 0 spiro atoms. The van der Waals surface area contributed by atoms with E-state index in [0.717, 1.165) is 33.2 Å². The zero-order valence-corrected chi connectivity index (χ0v) is 15.3. The third-order valence-electron chi connectivity index (χ3n) is 5.20. The zero-order valence-electron chi connectivity index (χ0n) is 15.3. The molecule has 1 atom stereocenters. The van der Waals surface area contributed by atoms with Crippen molar-refractivity contribution in [3.8, 4) is 29.0 Å². The highest BCUT2D eigenvalue weighted by atomic mass is 16.5. The Morgan fingerprint density at radius 1 is 1.03 bits per heavy atom. The molecule has 6 nitrogen and oxygen atoms in total. The average Bonchev–Trinajstić information content (AvgIpc) is 3.16. The summed E-state index contributed by atoms with van der Waals surface area (Å²) >= 11 is 0. The molecule has 2 heterocycles. The maximum absolute atomic E-state index is 9.77. The van der Waals surface area contributed by atoms with Gasteiger partial charge in [0.2, 0.25) is 11.8 Å². The Kier molecular flexibility index (Phi) is 3.75. The molecule has 4 aromatic rings. The molecule has 0 saturated carbocycles. The molecular formula is C23H16N4O2. The van der Waals surface area contributed by atoms with E-state index in [2.05, 4.69) is 28.4 Å². The smallest absolute Gasteiger partial charge is 0.244 e. The predicted molar refractivity (Wildman–Crippen MR) is 109 cm³/mol. The lowest BCUT2D eigenvalue weighted by Crippen LogP contribution is -2.20. The fourth-order valence-electron chi connectivity index (χ4n) is 3.81. The van der Waals surface area contributed by atoms with Crippen molar-refractivity contribution in [1.82, 2.24) is 10.2 Å². The second-order valence-electron chi connectivity index (χ2n) is 6.90. The van der Waals surface area contributed by atoms with Gasteiger partial charge < -0.3 is 15.6 Å². The lowest BCUT2D eigenvalue weighted by Gasteiger charge is -2.24. The Bertz CT molecular complexity index is 1310. The van der Waals surface area contributed by atoms with Gasteiger partial charge in [-0.1, -0.05) is 48.5 Å². The van der Waals surface area contributed by atoms with Crippen molar-refractivity contribution in [2.24, 2.45) is 5.73 Å². The maximum atomic E-state index is 9.77. The molecule has 1 aromatic heterocycles. The Balaban J connectivity index is 1.73. The van der Waals surface area contributed by atoms with Crippen LogP contribution in [0.5, 0.6) is 11.6 Å². The molecule has 29 heavy (non-hydrogen) atoms. The summed E-state index contributed by atoms with van der Waals surface area (Å²) in [7, 11) is 0. The molecule has 1 unspecified atom stereocenters. The lowest BCUT2D eigenvalue weighted by atomic mass is 9.83. The Morgan fingerprint density at radius 3 is 2.55 bits per heavy atom. The van der Waals surface area contributed by atoms with Gasteiger partial charge in [-0.2, -0.15) is 5.26 Å². The Hall–Kier alpha value is -4.24. The summed E-state index contributed by atoms with van der Waals surface area (Å²) in [4.78, 5) is 0. The molecule has 0 bridgehead atoms. The molecular weight excluding hydrogens is 364 g/mol. The van der Waals surface area contributed by atoms with Gasteiger partial charge in [-0.15, -0.1) is 5.10 Å². The first kappa shape index (κ1) is 16.9. The number of aromatic hydroxyl groups is 1. The first-order chi connectivity index (χ1) is 14.2. The van der Waals surface area contributed by atoms with Crippen LogP contribution in [0.1, 0.15) is 17.0 Å². The van der Waals surface area contributed by atoms with Crippen LogP contribution in [0.3, 0.4) is 0 Å². The summed E-state index contributed by atoms with van der Waals surface area (Å²) in [6, 6.07) is 23.1. The van der Waals surface area contributed by atoms with Gasteiger partial charge in [-0.05, 0) is 34.5 Å². The highest BCUT2D eigenvalue weighted by Crippen LogP contribution is 2.46. The van der Waals surface area contributed by atoms with Gasteiger partial charge in [-0.25, -0.2) is 0 Å². The zero-order chi connectivity index (χ0) is 20.0. The summed E-state index contributed by atoms with van der Waals surface area (Å²) in [5.74, 6) is 0.0837. The van der Waals surface area contributed by atoms with Gasteiger partial charge in [0.25, 0.3) is 0 Å². The van der Waals surface area contributed by atoms with Crippen molar-refractivity contribution in [1.29, 1.82) is 5.26 Å². The predicted octanol–water partition coefficient (Wildman–Crippen LogP) is 4.15. The fourth-order valence-corrected chi connectivity index (χ4v) is 3.81. The van der Waals surface area contributed by atoms with E-state index in [1.54, 1.807) is 24.3 Å². The number of nitrogens with two attached hydrogens (primary N) is 1. The number of phenolic OH excluding ortho intramolecular Hbond substituents is 1. The third-order valence-corrected chi connectivity index (χ3v) is 5.20. The van der Waals surface area contributed by atoms with Gasteiger partial charge in [0.15, 0.2) is 0 Å². The van der Waals surface area contributed by atoms with E-state index >= 15 is 0 Å².